The number of thiazole rings is 1. The number of nitrogens with one attached hydrogen (secondary N) is 1. The van der Waals surface area contributed by atoms with E-state index in [1.165, 1.54) is 16.0 Å². The van der Waals surface area contributed by atoms with E-state index in [1.807, 2.05) is 0 Å². The van der Waals surface area contributed by atoms with Gasteiger partial charge in [-0.25, -0.2) is 4.98 Å². The fourth-order valence-corrected chi connectivity index (χ4v) is 3.38. The predicted octanol–water partition coefficient (Wildman–Crippen LogP) is 3.42. The van der Waals surface area contributed by atoms with Crippen LogP contribution in [0.5, 0.6) is 0 Å². The summed E-state index contributed by atoms with van der Waals surface area (Å²) >= 11 is 3.55. The Bertz CT molecular complexity index is 471. The van der Waals surface area contributed by atoms with E-state index >= 15 is 0 Å². The van der Waals surface area contributed by atoms with E-state index in [4.69, 9.17) is 0 Å². The number of rotatable bonds is 4. The van der Waals surface area contributed by atoms with Gasteiger partial charge in [0.25, 0.3) is 0 Å². The largest absolute Gasteiger partial charge is 0.308 e. The van der Waals surface area contributed by atoms with Gasteiger partial charge >= 0.3 is 0 Å². The average Bonchev–Trinajstić information content (AvgIpc) is 2.75. The molecule has 2 aromatic rings. The van der Waals surface area contributed by atoms with Crippen molar-refractivity contribution in [3.63, 3.8) is 0 Å². The summed E-state index contributed by atoms with van der Waals surface area (Å²) in [6.07, 6.45) is 0. The van der Waals surface area contributed by atoms with Crippen molar-refractivity contribution in [2.45, 2.75) is 33.9 Å². The van der Waals surface area contributed by atoms with E-state index in [0.717, 1.165) is 23.8 Å². The van der Waals surface area contributed by atoms with Gasteiger partial charge < -0.3 is 5.32 Å². The molecule has 0 saturated carbocycles. The average molecular weight is 252 g/mol. The van der Waals surface area contributed by atoms with Crippen LogP contribution in [0.2, 0.25) is 0 Å². The standard InChI is InChI=1S/C12H16N2S2/c1-8-6-15-7-11(8)4-13-5-12-9(2)14-10(3)16-12/h6-7,13H,4-5H2,1-3H3. The second-order valence-electron chi connectivity index (χ2n) is 3.93. The maximum Gasteiger partial charge on any atom is 0.0900 e. The van der Waals surface area contributed by atoms with E-state index in [1.54, 1.807) is 22.7 Å². The molecule has 0 saturated heterocycles. The van der Waals surface area contributed by atoms with Crippen molar-refractivity contribution in [1.29, 1.82) is 0 Å². The highest BCUT2D eigenvalue weighted by molar-refractivity contribution is 7.11. The van der Waals surface area contributed by atoms with Crippen molar-refractivity contribution < 1.29 is 0 Å². The second-order valence-corrected chi connectivity index (χ2v) is 5.96. The fourth-order valence-electron chi connectivity index (χ4n) is 1.62. The molecule has 0 spiro atoms. The van der Waals surface area contributed by atoms with Gasteiger partial charge in [0.2, 0.25) is 0 Å². The minimum atomic E-state index is 0.923. The fraction of sp³-hybridized carbons (Fsp3) is 0.417. The highest BCUT2D eigenvalue weighted by Crippen LogP contribution is 2.17. The van der Waals surface area contributed by atoms with Crippen molar-refractivity contribution in [3.8, 4) is 0 Å². The van der Waals surface area contributed by atoms with Gasteiger partial charge in [-0.15, -0.1) is 11.3 Å². The number of hydrogen-bond donors (Lipinski definition) is 1. The maximum atomic E-state index is 4.42. The summed E-state index contributed by atoms with van der Waals surface area (Å²) < 4.78 is 0. The first-order chi connectivity index (χ1) is 7.66. The number of aryl methyl sites for hydroxylation is 3. The van der Waals surface area contributed by atoms with Crippen LogP contribution < -0.4 is 5.32 Å². The summed E-state index contributed by atoms with van der Waals surface area (Å²) in [6.45, 7) is 8.18. The minimum Gasteiger partial charge on any atom is -0.308 e. The molecule has 2 heterocycles. The van der Waals surface area contributed by atoms with Crippen LogP contribution in [0, 0.1) is 20.8 Å². The lowest BCUT2D eigenvalue weighted by molar-refractivity contribution is 0.696. The molecule has 0 unspecified atom stereocenters. The smallest absolute Gasteiger partial charge is 0.0900 e. The number of aromatic nitrogens is 1. The van der Waals surface area contributed by atoms with Crippen molar-refractivity contribution in [3.05, 3.63) is 37.5 Å². The number of nitrogens with zero attached hydrogens (tertiary/aromatic N) is 1. The van der Waals surface area contributed by atoms with Gasteiger partial charge in [-0.3, -0.25) is 0 Å². The van der Waals surface area contributed by atoms with Crippen molar-refractivity contribution in [2.24, 2.45) is 0 Å². The molecule has 0 aromatic carbocycles. The molecular weight excluding hydrogens is 236 g/mol. The van der Waals surface area contributed by atoms with Crippen molar-refractivity contribution in [2.75, 3.05) is 0 Å². The molecule has 86 valence electrons. The first-order valence-corrected chi connectivity index (χ1v) is 7.08. The van der Waals surface area contributed by atoms with E-state index in [2.05, 4.69) is 41.8 Å². The van der Waals surface area contributed by atoms with Gasteiger partial charge in [0.1, 0.15) is 0 Å². The van der Waals surface area contributed by atoms with E-state index in [-0.39, 0.29) is 0 Å². The highest BCUT2D eigenvalue weighted by atomic mass is 32.1. The molecule has 0 radical (unpaired) electrons. The second kappa shape index (κ2) is 5.08. The molecule has 2 rings (SSSR count). The number of hydrogen-bond acceptors (Lipinski definition) is 4. The van der Waals surface area contributed by atoms with E-state index < -0.39 is 0 Å². The van der Waals surface area contributed by atoms with Crippen LogP contribution in [0.1, 0.15) is 26.7 Å². The molecule has 16 heavy (non-hydrogen) atoms. The van der Waals surface area contributed by atoms with Crippen molar-refractivity contribution in [1.82, 2.24) is 10.3 Å². The summed E-state index contributed by atoms with van der Waals surface area (Å²) in [6, 6.07) is 0. The lowest BCUT2D eigenvalue weighted by Crippen LogP contribution is -2.12. The van der Waals surface area contributed by atoms with Gasteiger partial charge in [-0.1, -0.05) is 0 Å². The Hall–Kier alpha value is -0.710. The quantitative estimate of drug-likeness (QED) is 0.902. The van der Waals surface area contributed by atoms with Crippen LogP contribution in [0.3, 0.4) is 0 Å². The molecule has 0 aliphatic carbocycles. The first kappa shape index (κ1) is 11.8. The molecule has 2 aromatic heterocycles. The highest BCUT2D eigenvalue weighted by Gasteiger charge is 2.04. The Morgan fingerprint density at radius 3 is 2.56 bits per heavy atom. The van der Waals surface area contributed by atoms with Crippen LogP contribution in [0.4, 0.5) is 0 Å². The molecule has 0 atom stereocenters. The maximum absolute atomic E-state index is 4.42. The molecule has 0 aliphatic heterocycles. The Labute approximate surface area is 104 Å². The summed E-state index contributed by atoms with van der Waals surface area (Å²) in [5.41, 5.74) is 3.95. The van der Waals surface area contributed by atoms with Gasteiger partial charge in [0.15, 0.2) is 0 Å². The van der Waals surface area contributed by atoms with Crippen LogP contribution >= 0.6 is 22.7 Å². The van der Waals surface area contributed by atoms with E-state index in [9.17, 15) is 0 Å². The van der Waals surface area contributed by atoms with Gasteiger partial charge in [-0.2, -0.15) is 11.3 Å². The molecule has 1 N–H and O–H groups in total. The number of thiophene rings is 1. The molecule has 0 aliphatic rings. The zero-order valence-electron chi connectivity index (χ0n) is 9.83. The predicted molar refractivity (Wildman–Crippen MR) is 71.2 cm³/mol. The van der Waals surface area contributed by atoms with Crippen LogP contribution in [0.15, 0.2) is 10.8 Å². The normalized spacial score (nSPS) is 10.9. The zero-order valence-corrected chi connectivity index (χ0v) is 11.5. The van der Waals surface area contributed by atoms with Crippen LogP contribution in [0.25, 0.3) is 0 Å². The minimum absolute atomic E-state index is 0.923. The summed E-state index contributed by atoms with van der Waals surface area (Å²) in [5, 5.41) is 9.04. The molecule has 0 fully saturated rings. The molecule has 2 nitrogen and oxygen atoms in total. The summed E-state index contributed by atoms with van der Waals surface area (Å²) in [7, 11) is 0. The van der Waals surface area contributed by atoms with Crippen molar-refractivity contribution >= 4 is 22.7 Å². The third-order valence-electron chi connectivity index (χ3n) is 2.56. The Balaban J connectivity index is 1.89. The Kier molecular flexibility index (Phi) is 3.74. The first-order valence-electron chi connectivity index (χ1n) is 5.32. The van der Waals surface area contributed by atoms with Crippen LogP contribution in [-0.2, 0) is 13.1 Å². The Morgan fingerprint density at radius 1 is 1.19 bits per heavy atom. The third-order valence-corrected chi connectivity index (χ3v) is 4.55. The molecule has 0 amide bonds. The SMILES string of the molecule is Cc1nc(C)c(CNCc2cscc2C)s1. The summed E-state index contributed by atoms with van der Waals surface area (Å²) in [5.74, 6) is 0. The zero-order chi connectivity index (χ0) is 11.5. The molecule has 0 bridgehead atoms. The van der Waals surface area contributed by atoms with Gasteiger partial charge in [0.05, 0.1) is 10.7 Å². The molecule has 4 heteroatoms. The van der Waals surface area contributed by atoms with Gasteiger partial charge in [-0.05, 0) is 42.7 Å². The topological polar surface area (TPSA) is 24.9 Å². The lowest BCUT2D eigenvalue weighted by atomic mass is 10.2. The molecular formula is C12H16N2S2. The Morgan fingerprint density at radius 2 is 2.00 bits per heavy atom. The summed E-state index contributed by atoms with van der Waals surface area (Å²) in [4.78, 5) is 5.78. The van der Waals surface area contributed by atoms with Gasteiger partial charge in [0, 0.05) is 18.0 Å². The van der Waals surface area contributed by atoms with Crippen LogP contribution in [-0.4, -0.2) is 4.98 Å². The third kappa shape index (κ3) is 2.70. The lowest BCUT2D eigenvalue weighted by Gasteiger charge is -2.03. The monoisotopic (exact) mass is 252 g/mol. The van der Waals surface area contributed by atoms with E-state index in [0.29, 0.717) is 0 Å².